The quantitative estimate of drug-likeness (QED) is 0.476. The van der Waals surface area contributed by atoms with Crippen LogP contribution in [0.5, 0.6) is 0 Å². The summed E-state index contributed by atoms with van der Waals surface area (Å²) in [5, 5.41) is 6.34. The third kappa shape index (κ3) is 4.17. The normalized spacial score (nSPS) is 9.88. The molecule has 0 saturated carbocycles. The van der Waals surface area contributed by atoms with Gasteiger partial charge in [-0.15, -0.1) is 0 Å². The Morgan fingerprint density at radius 3 is 2.82 bits per heavy atom. The maximum Gasteiger partial charge on any atom is 0.224 e. The van der Waals surface area contributed by atoms with E-state index < -0.39 is 0 Å². The van der Waals surface area contributed by atoms with Crippen molar-refractivity contribution in [3.8, 4) is 0 Å². The maximum absolute atomic E-state index is 11.6. The summed E-state index contributed by atoms with van der Waals surface area (Å²) in [4.78, 5) is 14.3. The van der Waals surface area contributed by atoms with Crippen LogP contribution >= 0.6 is 0 Å². The molecule has 0 saturated heterocycles. The van der Waals surface area contributed by atoms with Crippen molar-refractivity contribution < 1.29 is 4.79 Å². The number of benzene rings is 1. The molecule has 1 aromatic rings. The zero-order valence-electron chi connectivity index (χ0n) is 10.3. The Bertz CT molecular complexity index is 462. The van der Waals surface area contributed by atoms with Crippen LogP contribution in [0, 0.1) is 12.8 Å². The van der Waals surface area contributed by atoms with Gasteiger partial charge in [-0.25, -0.2) is 0 Å². The van der Waals surface area contributed by atoms with Crippen LogP contribution in [0.25, 0.3) is 10.4 Å². The van der Waals surface area contributed by atoms with Gasteiger partial charge in [-0.3, -0.25) is 4.79 Å². The summed E-state index contributed by atoms with van der Waals surface area (Å²) in [7, 11) is 0. The van der Waals surface area contributed by atoms with Crippen LogP contribution in [0.2, 0.25) is 0 Å². The Kier molecular flexibility index (Phi) is 4.55. The second kappa shape index (κ2) is 5.92. The summed E-state index contributed by atoms with van der Waals surface area (Å²) in [5.74, 6) is 0.285. The predicted molar refractivity (Wildman–Crippen MR) is 68.1 cm³/mol. The van der Waals surface area contributed by atoms with Gasteiger partial charge in [-0.1, -0.05) is 25.0 Å². The molecule has 0 atom stereocenters. The van der Waals surface area contributed by atoms with Crippen LogP contribution in [-0.4, -0.2) is 5.91 Å². The minimum Gasteiger partial charge on any atom is -0.326 e. The molecule has 0 aromatic heterocycles. The van der Waals surface area contributed by atoms with E-state index in [0.29, 0.717) is 23.7 Å². The van der Waals surface area contributed by atoms with Crippen molar-refractivity contribution in [2.45, 2.75) is 27.2 Å². The van der Waals surface area contributed by atoms with E-state index in [1.165, 1.54) is 0 Å². The van der Waals surface area contributed by atoms with Crippen molar-refractivity contribution in [3.63, 3.8) is 0 Å². The first-order chi connectivity index (χ1) is 8.02. The first-order valence-corrected chi connectivity index (χ1v) is 5.48. The van der Waals surface area contributed by atoms with Gasteiger partial charge in [0, 0.05) is 22.7 Å². The first kappa shape index (κ1) is 13.1. The molecule has 1 aromatic carbocycles. The van der Waals surface area contributed by atoms with E-state index in [-0.39, 0.29) is 5.91 Å². The standard InChI is InChI=1S/C12H16N4O/c1-8(2)6-12(17)14-10-5-4-9(3)11(7-10)15-16-13/h4-5,7-8H,6H2,1-3H3,(H,14,17). The topological polar surface area (TPSA) is 77.9 Å². The molecule has 0 unspecified atom stereocenters. The van der Waals surface area contributed by atoms with Crippen LogP contribution in [0.15, 0.2) is 23.3 Å². The van der Waals surface area contributed by atoms with E-state index in [1.807, 2.05) is 26.8 Å². The number of aryl methyl sites for hydroxylation is 1. The van der Waals surface area contributed by atoms with E-state index >= 15 is 0 Å². The lowest BCUT2D eigenvalue weighted by molar-refractivity contribution is -0.116. The SMILES string of the molecule is Cc1ccc(NC(=O)CC(C)C)cc1N=[N+]=[N-]. The highest BCUT2D eigenvalue weighted by Crippen LogP contribution is 2.23. The lowest BCUT2D eigenvalue weighted by atomic mass is 10.1. The van der Waals surface area contributed by atoms with E-state index in [2.05, 4.69) is 15.3 Å². The van der Waals surface area contributed by atoms with Crippen molar-refractivity contribution in [2.24, 2.45) is 11.0 Å². The maximum atomic E-state index is 11.6. The zero-order valence-corrected chi connectivity index (χ0v) is 10.3. The van der Waals surface area contributed by atoms with Crippen molar-refractivity contribution in [2.75, 3.05) is 5.32 Å². The number of azide groups is 1. The predicted octanol–water partition coefficient (Wildman–Crippen LogP) is 3.92. The molecule has 0 aliphatic rings. The number of amides is 1. The van der Waals surface area contributed by atoms with E-state index in [4.69, 9.17) is 5.53 Å². The number of rotatable bonds is 4. The molecular weight excluding hydrogens is 216 g/mol. The molecule has 0 aliphatic heterocycles. The fourth-order valence-corrected chi connectivity index (χ4v) is 1.43. The minimum absolute atomic E-state index is 0.0317. The largest absolute Gasteiger partial charge is 0.326 e. The lowest BCUT2D eigenvalue weighted by Crippen LogP contribution is -2.13. The molecule has 1 amide bonds. The van der Waals surface area contributed by atoms with Crippen LogP contribution in [0.4, 0.5) is 11.4 Å². The number of carbonyl (C=O) groups is 1. The lowest BCUT2D eigenvalue weighted by Gasteiger charge is -2.08. The summed E-state index contributed by atoms with van der Waals surface area (Å²) < 4.78 is 0. The van der Waals surface area contributed by atoms with Gasteiger partial charge in [0.25, 0.3) is 0 Å². The summed E-state index contributed by atoms with van der Waals surface area (Å²) >= 11 is 0. The molecule has 0 heterocycles. The number of hydrogen-bond donors (Lipinski definition) is 1. The molecule has 5 heteroatoms. The molecule has 90 valence electrons. The highest BCUT2D eigenvalue weighted by Gasteiger charge is 2.06. The van der Waals surface area contributed by atoms with Crippen LogP contribution < -0.4 is 5.32 Å². The Hall–Kier alpha value is -2.00. The summed E-state index contributed by atoms with van der Waals surface area (Å²) in [6, 6.07) is 5.28. The third-order valence-corrected chi connectivity index (χ3v) is 2.24. The molecule has 1 N–H and O–H groups in total. The van der Waals surface area contributed by atoms with E-state index in [9.17, 15) is 4.79 Å². The van der Waals surface area contributed by atoms with Gasteiger partial charge in [0.15, 0.2) is 0 Å². The summed E-state index contributed by atoms with van der Waals surface area (Å²) in [6.07, 6.45) is 0.477. The Morgan fingerprint density at radius 1 is 1.53 bits per heavy atom. The van der Waals surface area contributed by atoms with Gasteiger partial charge in [0.1, 0.15) is 0 Å². The van der Waals surface area contributed by atoms with Gasteiger partial charge in [-0.05, 0) is 36.1 Å². The second-order valence-corrected chi connectivity index (χ2v) is 4.34. The van der Waals surface area contributed by atoms with Crippen molar-refractivity contribution >= 4 is 17.3 Å². The van der Waals surface area contributed by atoms with Crippen LogP contribution in [0.1, 0.15) is 25.8 Å². The molecule has 0 aliphatic carbocycles. The van der Waals surface area contributed by atoms with Crippen molar-refractivity contribution in [3.05, 3.63) is 34.2 Å². The second-order valence-electron chi connectivity index (χ2n) is 4.34. The molecule has 17 heavy (non-hydrogen) atoms. The number of nitrogens with zero attached hydrogens (tertiary/aromatic N) is 3. The highest BCUT2D eigenvalue weighted by atomic mass is 16.1. The summed E-state index contributed by atoms with van der Waals surface area (Å²) in [5.41, 5.74) is 10.5. The van der Waals surface area contributed by atoms with E-state index in [1.54, 1.807) is 12.1 Å². The van der Waals surface area contributed by atoms with Gasteiger partial charge in [0.2, 0.25) is 5.91 Å². The van der Waals surface area contributed by atoms with Gasteiger partial charge < -0.3 is 5.32 Å². The number of nitrogens with one attached hydrogen (secondary N) is 1. The first-order valence-electron chi connectivity index (χ1n) is 5.48. The van der Waals surface area contributed by atoms with Crippen molar-refractivity contribution in [1.82, 2.24) is 0 Å². The van der Waals surface area contributed by atoms with Crippen LogP contribution in [0.3, 0.4) is 0 Å². The minimum atomic E-state index is -0.0317. The fraction of sp³-hybridized carbons (Fsp3) is 0.417. The molecule has 1 rings (SSSR count). The van der Waals surface area contributed by atoms with E-state index in [0.717, 1.165) is 5.56 Å². The monoisotopic (exact) mass is 232 g/mol. The van der Waals surface area contributed by atoms with Gasteiger partial charge in [0.05, 0.1) is 0 Å². The number of carbonyl (C=O) groups excluding carboxylic acids is 1. The molecular formula is C12H16N4O. The van der Waals surface area contributed by atoms with Crippen molar-refractivity contribution in [1.29, 1.82) is 0 Å². The molecule has 0 spiro atoms. The Balaban J connectivity index is 2.82. The zero-order chi connectivity index (χ0) is 12.8. The van der Waals surface area contributed by atoms with Gasteiger partial charge in [-0.2, -0.15) is 0 Å². The Labute approximate surface area is 100 Å². The average Bonchev–Trinajstić information content (AvgIpc) is 2.22. The van der Waals surface area contributed by atoms with Crippen LogP contribution in [-0.2, 0) is 4.79 Å². The molecule has 0 radical (unpaired) electrons. The fourth-order valence-electron chi connectivity index (χ4n) is 1.43. The third-order valence-electron chi connectivity index (χ3n) is 2.24. The van der Waals surface area contributed by atoms with Gasteiger partial charge >= 0.3 is 0 Å². The average molecular weight is 232 g/mol. The summed E-state index contributed by atoms with van der Waals surface area (Å²) in [6.45, 7) is 5.82. The smallest absolute Gasteiger partial charge is 0.224 e. The molecule has 0 fully saturated rings. The number of hydrogen-bond acceptors (Lipinski definition) is 2. The molecule has 0 bridgehead atoms. The highest BCUT2D eigenvalue weighted by molar-refractivity contribution is 5.91. The molecule has 5 nitrogen and oxygen atoms in total. The Morgan fingerprint density at radius 2 is 2.24 bits per heavy atom. The number of anilines is 1.